The molecule has 0 aromatic heterocycles. The van der Waals surface area contributed by atoms with E-state index >= 15 is 0 Å². The standard InChI is InChI=1S/C18H22O6/c1-18(2)23-13-16(24-18)15(19)10-6-7-11-21-17(20)22-12-14-8-4-3-5-9-14/h3-5,8-9,15-16,19H,10-13H2,1-2H3/t15?,16-/m1/s1. The zero-order chi connectivity index (χ0) is 17.4. The highest BCUT2D eigenvalue weighted by Crippen LogP contribution is 2.24. The average Bonchev–Trinajstić information content (AvgIpc) is 2.93. The Balaban J connectivity index is 1.60. The number of ether oxygens (including phenoxy) is 4. The van der Waals surface area contributed by atoms with E-state index < -0.39 is 24.2 Å². The summed E-state index contributed by atoms with van der Waals surface area (Å²) in [6, 6.07) is 9.31. The molecule has 1 aliphatic heterocycles. The molecule has 2 rings (SSSR count). The summed E-state index contributed by atoms with van der Waals surface area (Å²) in [5, 5.41) is 9.96. The van der Waals surface area contributed by atoms with E-state index in [4.69, 9.17) is 18.9 Å². The zero-order valence-electron chi connectivity index (χ0n) is 13.9. The third-order valence-electron chi connectivity index (χ3n) is 3.36. The fourth-order valence-electron chi connectivity index (χ4n) is 2.12. The van der Waals surface area contributed by atoms with Crippen molar-refractivity contribution in [1.29, 1.82) is 0 Å². The highest BCUT2D eigenvalue weighted by Gasteiger charge is 2.36. The van der Waals surface area contributed by atoms with Gasteiger partial charge in [0.15, 0.2) is 12.4 Å². The Morgan fingerprint density at radius 3 is 2.75 bits per heavy atom. The molecular weight excluding hydrogens is 312 g/mol. The molecule has 0 bridgehead atoms. The lowest BCUT2D eigenvalue weighted by Crippen LogP contribution is -2.30. The maximum atomic E-state index is 11.4. The Labute approximate surface area is 141 Å². The largest absolute Gasteiger partial charge is 0.509 e. The quantitative estimate of drug-likeness (QED) is 0.657. The Bertz CT molecular complexity index is 587. The van der Waals surface area contributed by atoms with Gasteiger partial charge in [-0.15, -0.1) is 0 Å². The highest BCUT2D eigenvalue weighted by atomic mass is 16.7. The van der Waals surface area contributed by atoms with Crippen LogP contribution in [0.1, 0.15) is 25.8 Å². The van der Waals surface area contributed by atoms with Gasteiger partial charge in [-0.3, -0.25) is 0 Å². The van der Waals surface area contributed by atoms with E-state index in [0.717, 1.165) is 5.56 Å². The van der Waals surface area contributed by atoms with Crippen LogP contribution in [0, 0.1) is 11.8 Å². The summed E-state index contributed by atoms with van der Waals surface area (Å²) < 4.78 is 20.7. The molecule has 1 unspecified atom stereocenters. The minimum Gasteiger partial charge on any atom is -0.429 e. The average molecular weight is 334 g/mol. The topological polar surface area (TPSA) is 74.2 Å². The van der Waals surface area contributed by atoms with Gasteiger partial charge in [0.2, 0.25) is 0 Å². The van der Waals surface area contributed by atoms with Crippen molar-refractivity contribution in [2.24, 2.45) is 0 Å². The summed E-state index contributed by atoms with van der Waals surface area (Å²) in [4.78, 5) is 11.4. The third-order valence-corrected chi connectivity index (χ3v) is 3.36. The fourth-order valence-corrected chi connectivity index (χ4v) is 2.12. The molecule has 2 atom stereocenters. The van der Waals surface area contributed by atoms with Gasteiger partial charge < -0.3 is 24.1 Å². The fraction of sp³-hybridized carbons (Fsp3) is 0.500. The van der Waals surface area contributed by atoms with Crippen LogP contribution in [0.25, 0.3) is 0 Å². The first-order valence-electron chi connectivity index (χ1n) is 7.75. The van der Waals surface area contributed by atoms with Crippen LogP contribution < -0.4 is 0 Å². The molecule has 1 aliphatic rings. The Kier molecular flexibility index (Phi) is 6.62. The Morgan fingerprint density at radius 1 is 1.33 bits per heavy atom. The third kappa shape index (κ3) is 6.20. The maximum absolute atomic E-state index is 11.4. The van der Waals surface area contributed by atoms with Gasteiger partial charge in [-0.1, -0.05) is 42.2 Å². The zero-order valence-corrected chi connectivity index (χ0v) is 13.9. The van der Waals surface area contributed by atoms with Crippen LogP contribution in [-0.4, -0.2) is 42.5 Å². The second-order valence-corrected chi connectivity index (χ2v) is 5.81. The molecule has 6 nitrogen and oxygen atoms in total. The molecule has 6 heteroatoms. The minimum atomic E-state index is -0.775. The van der Waals surface area contributed by atoms with E-state index in [9.17, 15) is 9.90 Å². The molecule has 0 aliphatic carbocycles. The van der Waals surface area contributed by atoms with Gasteiger partial charge in [0, 0.05) is 6.42 Å². The van der Waals surface area contributed by atoms with Crippen molar-refractivity contribution in [2.45, 2.75) is 44.9 Å². The normalized spacial score (nSPS) is 19.9. The van der Waals surface area contributed by atoms with E-state index in [2.05, 4.69) is 11.8 Å². The Morgan fingerprint density at radius 2 is 2.08 bits per heavy atom. The van der Waals surface area contributed by atoms with Crippen molar-refractivity contribution in [3.63, 3.8) is 0 Å². The molecule has 130 valence electrons. The van der Waals surface area contributed by atoms with E-state index in [1.165, 1.54) is 0 Å². The predicted molar refractivity (Wildman–Crippen MR) is 85.9 cm³/mol. The van der Waals surface area contributed by atoms with Gasteiger partial charge >= 0.3 is 6.16 Å². The van der Waals surface area contributed by atoms with Crippen LogP contribution in [0.2, 0.25) is 0 Å². The lowest BCUT2D eigenvalue weighted by Gasteiger charge is -2.19. The smallest absolute Gasteiger partial charge is 0.429 e. The number of rotatable bonds is 5. The van der Waals surface area contributed by atoms with Crippen molar-refractivity contribution in [1.82, 2.24) is 0 Å². The first-order valence-corrected chi connectivity index (χ1v) is 7.75. The second kappa shape index (κ2) is 8.69. The number of aliphatic hydroxyl groups is 1. The predicted octanol–water partition coefficient (Wildman–Crippen LogP) is 2.25. The number of benzene rings is 1. The molecule has 1 N–H and O–H groups in total. The van der Waals surface area contributed by atoms with E-state index in [1.54, 1.807) is 13.8 Å². The first-order chi connectivity index (χ1) is 11.5. The minimum absolute atomic E-state index is 0.0894. The number of hydrogen-bond acceptors (Lipinski definition) is 6. The van der Waals surface area contributed by atoms with Gasteiger partial charge in [-0.2, -0.15) is 0 Å². The molecule has 1 heterocycles. The summed E-state index contributed by atoms with van der Waals surface area (Å²) in [5.74, 6) is 4.73. The van der Waals surface area contributed by atoms with E-state index in [0.29, 0.717) is 6.61 Å². The lowest BCUT2D eigenvalue weighted by molar-refractivity contribution is -0.150. The van der Waals surface area contributed by atoms with Crippen LogP contribution in [-0.2, 0) is 25.6 Å². The molecule has 0 radical (unpaired) electrons. The van der Waals surface area contributed by atoms with Crippen molar-refractivity contribution >= 4 is 6.16 Å². The summed E-state index contributed by atoms with van der Waals surface area (Å²) in [7, 11) is 0. The van der Waals surface area contributed by atoms with Crippen molar-refractivity contribution in [3.05, 3.63) is 35.9 Å². The van der Waals surface area contributed by atoms with E-state index in [-0.39, 0.29) is 19.6 Å². The first kappa shape index (κ1) is 18.3. The summed E-state index contributed by atoms with van der Waals surface area (Å²) in [5.41, 5.74) is 0.880. The van der Waals surface area contributed by atoms with Crippen LogP contribution >= 0.6 is 0 Å². The molecule has 1 aromatic carbocycles. The number of hydrogen-bond donors (Lipinski definition) is 1. The SMILES string of the molecule is CC1(C)OC[C@H](C(O)CC#CCOC(=O)OCc2ccccc2)O1. The van der Waals surface area contributed by atoms with Crippen molar-refractivity contribution in [3.8, 4) is 11.8 Å². The molecule has 24 heavy (non-hydrogen) atoms. The monoisotopic (exact) mass is 334 g/mol. The van der Waals surface area contributed by atoms with Gasteiger partial charge in [0.05, 0.1) is 12.7 Å². The molecule has 1 saturated heterocycles. The summed E-state index contributed by atoms with van der Waals surface area (Å²) in [6.45, 7) is 3.98. The van der Waals surface area contributed by atoms with Crippen LogP contribution in [0.5, 0.6) is 0 Å². The Hall–Kier alpha value is -2.07. The van der Waals surface area contributed by atoms with Crippen LogP contribution in [0.4, 0.5) is 4.79 Å². The van der Waals surface area contributed by atoms with Gasteiger partial charge in [0.1, 0.15) is 12.7 Å². The molecule has 1 aromatic rings. The van der Waals surface area contributed by atoms with Gasteiger partial charge in [-0.25, -0.2) is 4.79 Å². The molecule has 0 saturated carbocycles. The second-order valence-electron chi connectivity index (χ2n) is 5.81. The van der Waals surface area contributed by atoms with E-state index in [1.807, 2.05) is 30.3 Å². The molecular formula is C18H22O6. The summed E-state index contributed by atoms with van der Waals surface area (Å²) >= 11 is 0. The number of aliphatic hydroxyl groups excluding tert-OH is 1. The number of carbonyl (C=O) groups is 1. The van der Waals surface area contributed by atoms with Gasteiger partial charge in [-0.05, 0) is 19.4 Å². The summed E-state index contributed by atoms with van der Waals surface area (Å²) in [6.07, 6.45) is -1.70. The van der Waals surface area contributed by atoms with Crippen molar-refractivity contribution in [2.75, 3.05) is 13.2 Å². The molecule has 0 spiro atoms. The lowest BCUT2D eigenvalue weighted by atomic mass is 10.1. The van der Waals surface area contributed by atoms with Crippen molar-refractivity contribution < 1.29 is 28.8 Å². The van der Waals surface area contributed by atoms with Crippen LogP contribution in [0.3, 0.4) is 0 Å². The molecule has 0 amide bonds. The molecule has 1 fully saturated rings. The maximum Gasteiger partial charge on any atom is 0.509 e. The highest BCUT2D eigenvalue weighted by molar-refractivity contribution is 5.60. The number of carbonyl (C=O) groups excluding carboxylic acids is 1. The van der Waals surface area contributed by atoms with Crippen LogP contribution in [0.15, 0.2) is 30.3 Å². The van der Waals surface area contributed by atoms with Gasteiger partial charge in [0.25, 0.3) is 0 Å².